The summed E-state index contributed by atoms with van der Waals surface area (Å²) in [7, 11) is -2.21. The van der Waals surface area contributed by atoms with Gasteiger partial charge >= 0.3 is 0 Å². The van der Waals surface area contributed by atoms with Crippen LogP contribution in [-0.4, -0.2) is 39.5 Å². The molecule has 2 aromatic rings. The van der Waals surface area contributed by atoms with Gasteiger partial charge in [0.25, 0.3) is 0 Å². The minimum Gasteiger partial charge on any atom is -0.496 e. The van der Waals surface area contributed by atoms with Crippen LogP contribution in [0.25, 0.3) is 0 Å². The number of benzene rings is 2. The number of ether oxygens (including phenoxy) is 1. The van der Waals surface area contributed by atoms with Gasteiger partial charge in [-0.05, 0) is 36.6 Å². The summed E-state index contributed by atoms with van der Waals surface area (Å²) < 4.78 is 32.9. The van der Waals surface area contributed by atoms with E-state index in [0.717, 1.165) is 5.56 Å². The molecule has 0 heterocycles. The predicted octanol–water partition coefficient (Wildman–Crippen LogP) is 2.41. The number of rotatable bonds is 10. The molecule has 0 fully saturated rings. The normalized spacial score (nSPS) is 12.4. The SMILES string of the molecule is COc1ccccc1CNC(=O)[C@@H](CCSC)NS(=O)(=O)c1ccccc1. The van der Waals surface area contributed by atoms with Gasteiger partial charge in [-0.2, -0.15) is 16.5 Å². The fourth-order valence-corrected chi connectivity index (χ4v) is 4.21. The molecule has 0 unspecified atom stereocenters. The predicted molar refractivity (Wildman–Crippen MR) is 108 cm³/mol. The van der Waals surface area contributed by atoms with Crippen LogP contribution in [0.3, 0.4) is 0 Å². The minimum absolute atomic E-state index is 0.136. The Hall–Kier alpha value is -2.03. The monoisotopic (exact) mass is 408 g/mol. The van der Waals surface area contributed by atoms with E-state index in [4.69, 9.17) is 4.74 Å². The van der Waals surface area contributed by atoms with Gasteiger partial charge < -0.3 is 10.1 Å². The highest BCUT2D eigenvalue weighted by molar-refractivity contribution is 7.98. The van der Waals surface area contributed by atoms with Gasteiger partial charge in [0.05, 0.1) is 12.0 Å². The topological polar surface area (TPSA) is 84.5 Å². The molecule has 2 rings (SSSR count). The molecule has 2 N–H and O–H groups in total. The lowest BCUT2D eigenvalue weighted by Crippen LogP contribution is -2.46. The van der Waals surface area contributed by atoms with E-state index >= 15 is 0 Å². The fourth-order valence-electron chi connectivity index (χ4n) is 2.49. The van der Waals surface area contributed by atoms with Crippen molar-refractivity contribution in [1.82, 2.24) is 10.0 Å². The highest BCUT2D eigenvalue weighted by Gasteiger charge is 2.25. The van der Waals surface area contributed by atoms with E-state index < -0.39 is 16.1 Å². The number of hydrogen-bond acceptors (Lipinski definition) is 5. The first-order chi connectivity index (χ1) is 13.0. The number of hydrogen-bond donors (Lipinski definition) is 2. The summed E-state index contributed by atoms with van der Waals surface area (Å²) in [6, 6.07) is 14.5. The summed E-state index contributed by atoms with van der Waals surface area (Å²) in [5.74, 6) is 0.960. The molecule has 8 heteroatoms. The molecule has 6 nitrogen and oxygen atoms in total. The van der Waals surface area contributed by atoms with Crippen molar-refractivity contribution < 1.29 is 17.9 Å². The fraction of sp³-hybridized carbons (Fsp3) is 0.316. The van der Waals surface area contributed by atoms with Gasteiger partial charge in [0.2, 0.25) is 15.9 Å². The van der Waals surface area contributed by atoms with Crippen molar-refractivity contribution in [2.24, 2.45) is 0 Å². The number of nitrogens with one attached hydrogen (secondary N) is 2. The van der Waals surface area contributed by atoms with Gasteiger partial charge in [0, 0.05) is 12.1 Å². The molecule has 0 saturated carbocycles. The zero-order chi connectivity index (χ0) is 19.7. The zero-order valence-corrected chi connectivity index (χ0v) is 17.0. The third-order valence-corrected chi connectivity index (χ3v) is 6.06. The summed E-state index contributed by atoms with van der Waals surface area (Å²) in [5.41, 5.74) is 0.822. The highest BCUT2D eigenvalue weighted by atomic mass is 32.2. The molecular weight excluding hydrogens is 384 g/mol. The van der Waals surface area contributed by atoms with Crippen LogP contribution < -0.4 is 14.8 Å². The van der Waals surface area contributed by atoms with Gasteiger partial charge in [-0.1, -0.05) is 36.4 Å². The number of carbonyl (C=O) groups excluding carboxylic acids is 1. The maximum Gasteiger partial charge on any atom is 0.241 e. The lowest BCUT2D eigenvalue weighted by molar-refractivity contribution is -0.122. The van der Waals surface area contributed by atoms with Crippen molar-refractivity contribution in [1.29, 1.82) is 0 Å². The molecule has 27 heavy (non-hydrogen) atoms. The smallest absolute Gasteiger partial charge is 0.241 e. The lowest BCUT2D eigenvalue weighted by Gasteiger charge is -2.19. The first kappa shape index (κ1) is 21.3. The Kier molecular flexibility index (Phi) is 8.15. The second-order valence-electron chi connectivity index (χ2n) is 5.80. The Morgan fingerprint density at radius 1 is 1.11 bits per heavy atom. The summed E-state index contributed by atoms with van der Waals surface area (Å²) in [4.78, 5) is 12.8. The van der Waals surface area contributed by atoms with E-state index in [1.807, 2.05) is 30.5 Å². The van der Waals surface area contributed by atoms with E-state index in [0.29, 0.717) is 17.9 Å². The standard InChI is InChI=1S/C19H24N2O4S2/c1-25-18-11-7-6-8-15(18)14-20-19(22)17(12-13-26-2)21-27(23,24)16-9-4-3-5-10-16/h3-11,17,21H,12-14H2,1-2H3,(H,20,22)/t17-/m1/s1. The number of amides is 1. The lowest BCUT2D eigenvalue weighted by atomic mass is 10.2. The largest absolute Gasteiger partial charge is 0.496 e. The molecule has 1 amide bonds. The molecule has 0 aromatic heterocycles. The van der Waals surface area contributed by atoms with Crippen molar-refractivity contribution in [2.45, 2.75) is 23.9 Å². The average Bonchev–Trinajstić information content (AvgIpc) is 2.70. The molecule has 146 valence electrons. The number of sulfonamides is 1. The molecule has 0 aliphatic rings. The van der Waals surface area contributed by atoms with Crippen LogP contribution in [0.4, 0.5) is 0 Å². The molecule has 0 saturated heterocycles. The third-order valence-electron chi connectivity index (χ3n) is 3.92. The Bertz CT molecular complexity index is 842. The van der Waals surface area contributed by atoms with Crippen molar-refractivity contribution in [3.05, 3.63) is 60.2 Å². The van der Waals surface area contributed by atoms with Crippen LogP contribution in [0.15, 0.2) is 59.5 Å². The maximum absolute atomic E-state index is 12.6. The van der Waals surface area contributed by atoms with E-state index in [2.05, 4.69) is 10.0 Å². The van der Waals surface area contributed by atoms with E-state index in [1.165, 1.54) is 12.1 Å². The second kappa shape index (κ2) is 10.3. The molecule has 0 radical (unpaired) electrons. The Morgan fingerprint density at radius 2 is 1.78 bits per heavy atom. The van der Waals surface area contributed by atoms with Gasteiger partial charge in [-0.3, -0.25) is 4.79 Å². The molecule has 0 aliphatic carbocycles. The molecule has 0 bridgehead atoms. The number of thioether (sulfide) groups is 1. The maximum atomic E-state index is 12.6. The van der Waals surface area contributed by atoms with Crippen LogP contribution in [-0.2, 0) is 21.4 Å². The van der Waals surface area contributed by atoms with Gasteiger partial charge in [-0.25, -0.2) is 8.42 Å². The van der Waals surface area contributed by atoms with Crippen LogP contribution in [0.1, 0.15) is 12.0 Å². The zero-order valence-electron chi connectivity index (χ0n) is 15.3. The van der Waals surface area contributed by atoms with Crippen molar-refractivity contribution >= 4 is 27.7 Å². The Morgan fingerprint density at radius 3 is 2.44 bits per heavy atom. The van der Waals surface area contributed by atoms with Crippen LogP contribution in [0.2, 0.25) is 0 Å². The van der Waals surface area contributed by atoms with Gasteiger partial charge in [0.1, 0.15) is 11.8 Å². The quantitative estimate of drug-likeness (QED) is 0.631. The molecule has 1 atom stereocenters. The Labute approximate surface area is 164 Å². The van der Waals surface area contributed by atoms with Crippen molar-refractivity contribution in [3.8, 4) is 5.75 Å². The first-order valence-corrected chi connectivity index (χ1v) is 11.3. The first-order valence-electron chi connectivity index (χ1n) is 8.44. The van der Waals surface area contributed by atoms with Crippen molar-refractivity contribution in [2.75, 3.05) is 19.1 Å². The number of carbonyl (C=O) groups is 1. The summed E-state index contributed by atoms with van der Waals surface area (Å²) in [6.45, 7) is 0.256. The second-order valence-corrected chi connectivity index (χ2v) is 8.50. The highest BCUT2D eigenvalue weighted by Crippen LogP contribution is 2.17. The summed E-state index contributed by atoms with van der Waals surface area (Å²) in [5, 5.41) is 2.80. The van der Waals surface area contributed by atoms with Gasteiger partial charge in [0.15, 0.2) is 0 Å². The van der Waals surface area contributed by atoms with Crippen LogP contribution in [0.5, 0.6) is 5.75 Å². The third kappa shape index (κ3) is 6.27. The van der Waals surface area contributed by atoms with Gasteiger partial charge in [-0.15, -0.1) is 0 Å². The van der Waals surface area contributed by atoms with E-state index in [1.54, 1.807) is 37.1 Å². The molecule has 2 aromatic carbocycles. The number of methoxy groups -OCH3 is 1. The van der Waals surface area contributed by atoms with E-state index in [-0.39, 0.29) is 17.3 Å². The van der Waals surface area contributed by atoms with Crippen LogP contribution in [0, 0.1) is 0 Å². The average molecular weight is 409 g/mol. The molecule has 0 spiro atoms. The summed E-state index contributed by atoms with van der Waals surface area (Å²) >= 11 is 1.55. The minimum atomic E-state index is -3.78. The molecule has 0 aliphatic heterocycles. The van der Waals surface area contributed by atoms with Crippen molar-refractivity contribution in [3.63, 3.8) is 0 Å². The van der Waals surface area contributed by atoms with E-state index in [9.17, 15) is 13.2 Å². The van der Waals surface area contributed by atoms with Crippen LogP contribution >= 0.6 is 11.8 Å². The molecular formula is C19H24N2O4S2. The summed E-state index contributed by atoms with van der Waals surface area (Å²) in [6.07, 6.45) is 2.31. The Balaban J connectivity index is 2.09. The number of para-hydroxylation sites is 1.